The van der Waals surface area contributed by atoms with Crippen molar-refractivity contribution in [1.29, 1.82) is 5.26 Å². The molecule has 4 aliphatic heterocycles. The summed E-state index contributed by atoms with van der Waals surface area (Å²) in [6, 6.07) is 4.88. The van der Waals surface area contributed by atoms with Gasteiger partial charge in [-0.05, 0) is 56.8 Å². The number of hydrogen-bond donors (Lipinski definition) is 1. The molecule has 6 heterocycles. The van der Waals surface area contributed by atoms with Crippen molar-refractivity contribution in [1.82, 2.24) is 20.2 Å². The molecule has 4 fully saturated rings. The van der Waals surface area contributed by atoms with Crippen LogP contribution in [0.3, 0.4) is 0 Å². The molecular weight excluding hydrogens is 642 g/mol. The van der Waals surface area contributed by atoms with Crippen molar-refractivity contribution in [2.45, 2.75) is 69.0 Å². The van der Waals surface area contributed by atoms with Crippen molar-refractivity contribution < 1.29 is 31.1 Å². The molecule has 2 aromatic carbocycles. The average molecular weight is 673 g/mol. The summed E-state index contributed by atoms with van der Waals surface area (Å²) in [5, 5.41) is 13.2. The van der Waals surface area contributed by atoms with E-state index in [0.717, 1.165) is 55.3 Å². The van der Waals surface area contributed by atoms with Gasteiger partial charge in [0.15, 0.2) is 5.82 Å². The lowest BCUT2D eigenvalue weighted by Gasteiger charge is -2.35. The number of fused-ring (bicyclic) bond motifs is 5. The number of aryl methyl sites for hydroxylation is 1. The maximum Gasteiger partial charge on any atom is 0.417 e. The minimum Gasteiger partial charge on any atom is -0.461 e. The second kappa shape index (κ2) is 10.9. The SMILES string of the molecule is Cc1sc2c(F)ccc(-c3c(C(F)(F)F)cc4c(N5C[C@H]6CC[C@@H](C5)N6)nc(OC[C@@]56CCCN5C[C@H](F)C6)nc4c3F)c2c1C#N. The standard InChI is InChI=1S/C33H30F6N6OS/c1-16-22(11-40)25-20(5-6-24(35)29(25)47-16)26-23(33(37,38)39)9-21-28(27(26)36)42-31(43-30(21)44-13-18-3-4-19(14-44)41-18)46-15-32-7-2-8-45(32)12-17(34)10-32/h5-6,9,17-19,41H,2-4,7-8,10,12-15H2,1H3/t17-,18-,19+,32+/m1/s1. The van der Waals surface area contributed by atoms with Crippen LogP contribution < -0.4 is 15.0 Å². The minimum absolute atomic E-state index is 0.0149. The lowest BCUT2D eigenvalue weighted by Crippen LogP contribution is -2.51. The first-order chi connectivity index (χ1) is 22.5. The number of rotatable bonds is 5. The number of hydrogen-bond acceptors (Lipinski definition) is 8. The Morgan fingerprint density at radius 1 is 1.15 bits per heavy atom. The van der Waals surface area contributed by atoms with E-state index in [9.17, 15) is 27.2 Å². The van der Waals surface area contributed by atoms with E-state index in [1.54, 1.807) is 6.92 Å². The number of benzene rings is 2. The van der Waals surface area contributed by atoms with Crippen molar-refractivity contribution in [2.24, 2.45) is 0 Å². The van der Waals surface area contributed by atoms with Gasteiger partial charge in [0.2, 0.25) is 0 Å². The summed E-state index contributed by atoms with van der Waals surface area (Å²) in [5.74, 6) is -1.86. The fourth-order valence-corrected chi connectivity index (χ4v) is 9.26. The van der Waals surface area contributed by atoms with Gasteiger partial charge in [0.05, 0.1) is 21.4 Å². The van der Waals surface area contributed by atoms with Crippen LogP contribution in [0.2, 0.25) is 0 Å². The lowest BCUT2D eigenvalue weighted by atomic mass is 9.92. The molecular formula is C33H30F6N6OS. The van der Waals surface area contributed by atoms with Crippen LogP contribution in [0.4, 0.5) is 32.2 Å². The Bertz CT molecular complexity index is 1960. The van der Waals surface area contributed by atoms with Gasteiger partial charge in [-0.3, -0.25) is 4.90 Å². The molecule has 4 aliphatic rings. The highest BCUT2D eigenvalue weighted by atomic mass is 32.1. The average Bonchev–Trinajstić information content (AvgIpc) is 3.76. The fraction of sp³-hybridized carbons (Fsp3) is 0.485. The molecule has 7 nitrogen and oxygen atoms in total. The van der Waals surface area contributed by atoms with Gasteiger partial charge >= 0.3 is 12.2 Å². The Labute approximate surface area is 270 Å². The zero-order valence-corrected chi connectivity index (χ0v) is 26.2. The number of ether oxygens (including phenoxy) is 1. The molecule has 246 valence electrons. The molecule has 0 aliphatic carbocycles. The molecule has 4 atom stereocenters. The van der Waals surface area contributed by atoms with Gasteiger partial charge in [-0.2, -0.15) is 28.4 Å². The van der Waals surface area contributed by atoms with E-state index in [1.165, 1.54) is 0 Å². The van der Waals surface area contributed by atoms with E-state index >= 15 is 4.39 Å². The predicted octanol–water partition coefficient (Wildman–Crippen LogP) is 6.88. The van der Waals surface area contributed by atoms with E-state index in [0.29, 0.717) is 30.9 Å². The highest BCUT2D eigenvalue weighted by Gasteiger charge is 2.49. The van der Waals surface area contributed by atoms with E-state index in [-0.39, 0.29) is 69.1 Å². The topological polar surface area (TPSA) is 77.3 Å². The minimum atomic E-state index is -5.02. The van der Waals surface area contributed by atoms with Gasteiger partial charge in [-0.1, -0.05) is 6.07 Å². The number of alkyl halides is 4. The van der Waals surface area contributed by atoms with Crippen molar-refractivity contribution in [3.05, 3.63) is 45.8 Å². The molecule has 2 aromatic heterocycles. The smallest absolute Gasteiger partial charge is 0.417 e. The maximum atomic E-state index is 17.0. The summed E-state index contributed by atoms with van der Waals surface area (Å²) >= 11 is 0.927. The number of thiophene rings is 1. The molecule has 2 bridgehead atoms. The van der Waals surface area contributed by atoms with Crippen LogP contribution in [0.25, 0.3) is 32.1 Å². The molecule has 1 N–H and O–H groups in total. The Kier molecular flexibility index (Phi) is 7.13. The van der Waals surface area contributed by atoms with Gasteiger partial charge in [-0.25, -0.2) is 13.2 Å². The highest BCUT2D eigenvalue weighted by molar-refractivity contribution is 7.19. The zero-order valence-electron chi connectivity index (χ0n) is 25.4. The van der Waals surface area contributed by atoms with Gasteiger partial charge in [0, 0.05) is 59.4 Å². The Morgan fingerprint density at radius 2 is 1.91 bits per heavy atom. The van der Waals surface area contributed by atoms with Crippen LogP contribution in [-0.4, -0.2) is 71.4 Å². The summed E-state index contributed by atoms with van der Waals surface area (Å²) in [5.41, 5.74) is -3.30. The van der Waals surface area contributed by atoms with E-state index in [1.807, 2.05) is 11.0 Å². The van der Waals surface area contributed by atoms with Crippen LogP contribution in [0.5, 0.6) is 6.01 Å². The number of anilines is 1. The van der Waals surface area contributed by atoms with Gasteiger partial charge < -0.3 is 15.0 Å². The number of nitrogens with one attached hydrogen (secondary N) is 1. The summed E-state index contributed by atoms with van der Waals surface area (Å²) in [6.07, 6.45) is -2.37. The molecule has 8 rings (SSSR count). The van der Waals surface area contributed by atoms with E-state index in [4.69, 9.17) is 4.74 Å². The Morgan fingerprint density at radius 3 is 2.64 bits per heavy atom. The van der Waals surface area contributed by atoms with Crippen molar-refractivity contribution >= 4 is 38.1 Å². The number of halogens is 6. The third kappa shape index (κ3) is 4.92. The maximum absolute atomic E-state index is 17.0. The van der Waals surface area contributed by atoms with Crippen molar-refractivity contribution in [3.8, 4) is 23.2 Å². The highest BCUT2D eigenvalue weighted by Crippen LogP contribution is 2.48. The molecule has 14 heteroatoms. The first-order valence-corrected chi connectivity index (χ1v) is 16.5. The van der Waals surface area contributed by atoms with Crippen LogP contribution >= 0.6 is 11.3 Å². The van der Waals surface area contributed by atoms with Crippen LogP contribution in [0.15, 0.2) is 18.2 Å². The number of aromatic nitrogens is 2. The third-order valence-corrected chi connectivity index (χ3v) is 11.4. The van der Waals surface area contributed by atoms with Gasteiger partial charge in [-0.15, -0.1) is 11.3 Å². The van der Waals surface area contributed by atoms with E-state index in [2.05, 4.69) is 20.2 Å². The van der Waals surface area contributed by atoms with Crippen LogP contribution in [0.1, 0.15) is 48.1 Å². The summed E-state index contributed by atoms with van der Waals surface area (Å²) < 4.78 is 97.2. The molecule has 47 heavy (non-hydrogen) atoms. The second-order valence-corrected chi connectivity index (χ2v) is 14.4. The Balaban J connectivity index is 1.34. The van der Waals surface area contributed by atoms with Crippen molar-refractivity contribution in [2.75, 3.05) is 37.7 Å². The Hall–Kier alpha value is -3.67. The molecule has 0 amide bonds. The number of piperazine rings is 1. The molecule has 0 spiro atoms. The first-order valence-electron chi connectivity index (χ1n) is 15.7. The van der Waals surface area contributed by atoms with Gasteiger partial charge in [0.1, 0.15) is 36.0 Å². The van der Waals surface area contributed by atoms with Gasteiger partial charge in [0.25, 0.3) is 0 Å². The molecule has 4 saturated heterocycles. The normalized spacial score (nSPS) is 26.0. The summed E-state index contributed by atoms with van der Waals surface area (Å²) in [7, 11) is 0. The second-order valence-electron chi connectivity index (χ2n) is 13.2. The largest absolute Gasteiger partial charge is 0.461 e. The fourth-order valence-electron chi connectivity index (χ4n) is 8.23. The number of nitrogens with zero attached hydrogens (tertiary/aromatic N) is 5. The third-order valence-electron chi connectivity index (χ3n) is 10.3. The molecule has 0 saturated carbocycles. The van der Waals surface area contributed by atoms with Crippen molar-refractivity contribution in [3.63, 3.8) is 0 Å². The lowest BCUT2D eigenvalue weighted by molar-refractivity contribution is -0.137. The molecule has 4 aromatic rings. The predicted molar refractivity (Wildman–Crippen MR) is 165 cm³/mol. The summed E-state index contributed by atoms with van der Waals surface area (Å²) in [6.45, 7) is 3.55. The molecule has 0 radical (unpaired) electrons. The first kappa shape index (κ1) is 30.7. The quantitative estimate of drug-likeness (QED) is 0.232. The van der Waals surface area contributed by atoms with Crippen LogP contribution in [-0.2, 0) is 6.18 Å². The number of nitriles is 1. The van der Waals surface area contributed by atoms with E-state index < -0.39 is 40.6 Å². The van der Waals surface area contributed by atoms with Crippen LogP contribution in [0, 0.1) is 29.9 Å². The molecule has 0 unspecified atom stereocenters. The zero-order chi connectivity index (χ0) is 32.8. The monoisotopic (exact) mass is 672 g/mol. The summed E-state index contributed by atoms with van der Waals surface area (Å²) in [4.78, 5) is 13.3.